The maximum atomic E-state index is 13.0. The Morgan fingerprint density at radius 3 is 3.04 bits per heavy atom. The van der Waals surface area contributed by atoms with E-state index in [0.717, 1.165) is 24.1 Å². The molecule has 1 aliphatic rings. The van der Waals surface area contributed by atoms with Gasteiger partial charge < -0.3 is 10.2 Å². The second kappa shape index (κ2) is 6.91. The second-order valence-electron chi connectivity index (χ2n) is 6.14. The molecule has 1 aliphatic heterocycles. The number of nitrogens with one attached hydrogen (secondary N) is 2. The number of hydrogen-bond donors (Lipinski definition) is 2. The molecule has 0 saturated carbocycles. The predicted octanol–water partition coefficient (Wildman–Crippen LogP) is 2.28. The molecule has 0 bridgehead atoms. The van der Waals surface area contributed by atoms with E-state index in [4.69, 9.17) is 0 Å². The lowest BCUT2D eigenvalue weighted by atomic mass is 10.1. The predicted molar refractivity (Wildman–Crippen MR) is 96.4 cm³/mol. The number of carbonyl (C=O) groups is 1. The van der Waals surface area contributed by atoms with Crippen LogP contribution in [0.15, 0.2) is 43.0 Å². The Morgan fingerprint density at radius 2 is 2.23 bits per heavy atom. The zero-order chi connectivity index (χ0) is 17.9. The van der Waals surface area contributed by atoms with Crippen LogP contribution in [0.25, 0.3) is 11.3 Å². The Balaban J connectivity index is 1.58. The summed E-state index contributed by atoms with van der Waals surface area (Å²) in [4.78, 5) is 27.7. The van der Waals surface area contributed by atoms with Crippen molar-refractivity contribution in [3.05, 3.63) is 54.4 Å². The van der Waals surface area contributed by atoms with E-state index in [9.17, 15) is 4.79 Å². The molecule has 1 atom stereocenters. The summed E-state index contributed by atoms with van der Waals surface area (Å²) in [5.41, 5.74) is 2.84. The van der Waals surface area contributed by atoms with E-state index < -0.39 is 0 Å². The van der Waals surface area contributed by atoms with Gasteiger partial charge in [0.05, 0.1) is 29.8 Å². The zero-order valence-corrected chi connectivity index (χ0v) is 14.4. The highest BCUT2D eigenvalue weighted by atomic mass is 16.2. The van der Waals surface area contributed by atoms with Crippen LogP contribution in [-0.4, -0.2) is 49.5 Å². The quantitative estimate of drug-likeness (QED) is 0.749. The van der Waals surface area contributed by atoms with Crippen molar-refractivity contribution >= 4 is 11.7 Å². The van der Waals surface area contributed by atoms with Gasteiger partial charge in [-0.15, -0.1) is 0 Å². The molecule has 1 fully saturated rings. The molecule has 0 aliphatic carbocycles. The molecule has 1 amide bonds. The van der Waals surface area contributed by atoms with Gasteiger partial charge in [-0.1, -0.05) is 0 Å². The molecule has 8 heteroatoms. The van der Waals surface area contributed by atoms with E-state index in [1.807, 2.05) is 17.0 Å². The molecule has 2 N–H and O–H groups in total. The Bertz CT molecular complexity index is 909. The summed E-state index contributed by atoms with van der Waals surface area (Å²) in [6.07, 6.45) is 8.63. The van der Waals surface area contributed by atoms with Crippen molar-refractivity contribution in [3.63, 3.8) is 0 Å². The first-order valence-corrected chi connectivity index (χ1v) is 8.53. The smallest absolute Gasteiger partial charge is 0.272 e. The normalized spacial score (nSPS) is 16.7. The molecule has 132 valence electrons. The molecular weight excluding hydrogens is 330 g/mol. The summed E-state index contributed by atoms with van der Waals surface area (Å²) in [7, 11) is 1.80. The summed E-state index contributed by atoms with van der Waals surface area (Å²) in [6.45, 7) is 0.691. The Hall–Kier alpha value is -3.29. The minimum atomic E-state index is -0.0770. The van der Waals surface area contributed by atoms with Crippen molar-refractivity contribution in [2.24, 2.45) is 0 Å². The fourth-order valence-electron chi connectivity index (χ4n) is 3.23. The number of amides is 1. The molecule has 4 heterocycles. The third-order valence-electron chi connectivity index (χ3n) is 4.53. The molecule has 0 radical (unpaired) electrons. The standard InChI is InChI=1S/C18H19N7O/c1-19-17-11-21-10-15(22-17)16-5-3-7-25(16)18(26)14-8-13(23-24-14)12-4-2-6-20-9-12/h2,4,6,8-11,16H,3,5,7H2,1H3,(H,19,22)(H,23,24)/t16-/m1/s1. The Morgan fingerprint density at radius 1 is 1.31 bits per heavy atom. The van der Waals surface area contributed by atoms with Gasteiger partial charge in [-0.05, 0) is 31.0 Å². The van der Waals surface area contributed by atoms with Crippen molar-refractivity contribution in [3.8, 4) is 11.3 Å². The van der Waals surface area contributed by atoms with E-state index in [-0.39, 0.29) is 11.9 Å². The van der Waals surface area contributed by atoms with Gasteiger partial charge in [0.15, 0.2) is 0 Å². The van der Waals surface area contributed by atoms with Gasteiger partial charge >= 0.3 is 0 Å². The first kappa shape index (κ1) is 16.2. The molecule has 4 rings (SSSR count). The van der Waals surface area contributed by atoms with Crippen molar-refractivity contribution in [1.29, 1.82) is 0 Å². The van der Waals surface area contributed by atoms with Crippen molar-refractivity contribution in [2.75, 3.05) is 18.9 Å². The highest BCUT2D eigenvalue weighted by molar-refractivity contribution is 5.93. The lowest BCUT2D eigenvalue weighted by molar-refractivity contribution is 0.0726. The van der Waals surface area contributed by atoms with Crippen LogP contribution in [-0.2, 0) is 0 Å². The van der Waals surface area contributed by atoms with E-state index in [2.05, 4.69) is 30.5 Å². The summed E-state index contributed by atoms with van der Waals surface area (Å²) in [5.74, 6) is 0.619. The summed E-state index contributed by atoms with van der Waals surface area (Å²) in [5, 5.41) is 10.1. The Kier molecular flexibility index (Phi) is 4.30. The molecular formula is C18H19N7O. The maximum Gasteiger partial charge on any atom is 0.272 e. The van der Waals surface area contributed by atoms with Gasteiger partial charge in [0.25, 0.3) is 5.91 Å². The summed E-state index contributed by atoms with van der Waals surface area (Å²) >= 11 is 0. The van der Waals surface area contributed by atoms with Crippen LogP contribution in [0, 0.1) is 0 Å². The molecule has 8 nitrogen and oxygen atoms in total. The average molecular weight is 349 g/mol. The van der Waals surface area contributed by atoms with Crippen molar-refractivity contribution in [1.82, 2.24) is 30.0 Å². The first-order valence-electron chi connectivity index (χ1n) is 8.53. The van der Waals surface area contributed by atoms with Gasteiger partial charge in [-0.3, -0.25) is 19.9 Å². The number of carbonyl (C=O) groups excluding carboxylic acids is 1. The van der Waals surface area contributed by atoms with E-state index in [0.29, 0.717) is 23.8 Å². The third-order valence-corrected chi connectivity index (χ3v) is 4.53. The Labute approximate surface area is 150 Å². The van der Waals surface area contributed by atoms with Gasteiger partial charge in [-0.25, -0.2) is 4.98 Å². The molecule has 26 heavy (non-hydrogen) atoms. The van der Waals surface area contributed by atoms with Crippen LogP contribution < -0.4 is 5.32 Å². The molecule has 3 aromatic heterocycles. The number of aromatic amines is 1. The highest BCUT2D eigenvalue weighted by Crippen LogP contribution is 2.32. The maximum absolute atomic E-state index is 13.0. The van der Waals surface area contributed by atoms with Crippen molar-refractivity contribution in [2.45, 2.75) is 18.9 Å². The monoisotopic (exact) mass is 349 g/mol. The lowest BCUT2D eigenvalue weighted by Gasteiger charge is -2.23. The number of rotatable bonds is 4. The van der Waals surface area contributed by atoms with E-state index in [1.54, 1.807) is 37.9 Å². The number of pyridine rings is 1. The summed E-state index contributed by atoms with van der Waals surface area (Å²) < 4.78 is 0. The minimum Gasteiger partial charge on any atom is -0.372 e. The highest BCUT2D eigenvalue weighted by Gasteiger charge is 2.32. The van der Waals surface area contributed by atoms with Crippen LogP contribution in [0.3, 0.4) is 0 Å². The zero-order valence-electron chi connectivity index (χ0n) is 14.4. The van der Waals surface area contributed by atoms with Crippen LogP contribution >= 0.6 is 0 Å². The van der Waals surface area contributed by atoms with Gasteiger partial charge in [0.2, 0.25) is 0 Å². The SMILES string of the molecule is CNc1cncc([C@H]2CCCN2C(=O)c2cc(-c3cccnc3)n[nH]2)n1. The number of nitrogens with zero attached hydrogens (tertiary/aromatic N) is 5. The number of likely N-dealkylation sites (tertiary alicyclic amines) is 1. The van der Waals surface area contributed by atoms with Gasteiger partial charge in [0.1, 0.15) is 11.5 Å². The van der Waals surface area contributed by atoms with Gasteiger partial charge in [0, 0.05) is 31.5 Å². The third kappa shape index (κ3) is 3.01. The average Bonchev–Trinajstić information content (AvgIpc) is 3.38. The van der Waals surface area contributed by atoms with Crippen LogP contribution in [0.5, 0.6) is 0 Å². The topological polar surface area (TPSA) is 99.7 Å². The van der Waals surface area contributed by atoms with E-state index >= 15 is 0 Å². The minimum absolute atomic E-state index is 0.0755. The van der Waals surface area contributed by atoms with Crippen LogP contribution in [0.2, 0.25) is 0 Å². The summed E-state index contributed by atoms with van der Waals surface area (Å²) in [6, 6.07) is 5.45. The lowest BCUT2D eigenvalue weighted by Crippen LogP contribution is -2.31. The molecule has 0 aromatic carbocycles. The fourth-order valence-corrected chi connectivity index (χ4v) is 3.23. The molecule has 3 aromatic rings. The van der Waals surface area contributed by atoms with E-state index in [1.165, 1.54) is 0 Å². The molecule has 0 spiro atoms. The number of aromatic nitrogens is 5. The number of H-pyrrole nitrogens is 1. The van der Waals surface area contributed by atoms with Crippen LogP contribution in [0.4, 0.5) is 5.82 Å². The first-order chi connectivity index (χ1) is 12.8. The molecule has 1 saturated heterocycles. The number of anilines is 1. The van der Waals surface area contributed by atoms with Crippen LogP contribution in [0.1, 0.15) is 35.1 Å². The largest absolute Gasteiger partial charge is 0.372 e. The fraction of sp³-hybridized carbons (Fsp3) is 0.278. The molecule has 0 unspecified atom stereocenters. The van der Waals surface area contributed by atoms with Crippen molar-refractivity contribution < 1.29 is 4.79 Å². The number of hydrogen-bond acceptors (Lipinski definition) is 6. The second-order valence-corrected chi connectivity index (χ2v) is 6.14. The van der Waals surface area contributed by atoms with Gasteiger partial charge in [-0.2, -0.15) is 5.10 Å².